The van der Waals surface area contributed by atoms with E-state index in [1.54, 1.807) is 12.4 Å². The summed E-state index contributed by atoms with van der Waals surface area (Å²) in [5.41, 5.74) is 1.16. The predicted molar refractivity (Wildman–Crippen MR) is 91.1 cm³/mol. The van der Waals surface area contributed by atoms with Gasteiger partial charge in [-0.2, -0.15) is 0 Å². The fraction of sp³-hybridized carbons (Fsp3) is 0.667. The van der Waals surface area contributed by atoms with Gasteiger partial charge in [-0.05, 0) is 50.8 Å². The molecule has 5 heteroatoms. The minimum atomic E-state index is 0.219. The second kappa shape index (κ2) is 7.30. The third kappa shape index (κ3) is 3.83. The summed E-state index contributed by atoms with van der Waals surface area (Å²) in [6, 6.07) is 5.23. The third-order valence-corrected chi connectivity index (χ3v) is 5.14. The first-order valence-electron chi connectivity index (χ1n) is 8.83. The fourth-order valence-corrected chi connectivity index (χ4v) is 3.71. The molecule has 2 aliphatic heterocycles. The van der Waals surface area contributed by atoms with Gasteiger partial charge in [0.1, 0.15) is 0 Å². The van der Waals surface area contributed by atoms with Gasteiger partial charge >= 0.3 is 6.03 Å². The number of pyridine rings is 1. The number of carbonyl (C=O) groups excluding carboxylic acids is 1. The Morgan fingerprint density at radius 2 is 1.83 bits per heavy atom. The van der Waals surface area contributed by atoms with Crippen molar-refractivity contribution >= 4 is 6.03 Å². The molecule has 3 heterocycles. The Morgan fingerprint density at radius 3 is 2.48 bits per heavy atom. The lowest BCUT2D eigenvalue weighted by molar-refractivity contribution is 0.0692. The van der Waals surface area contributed by atoms with Crippen LogP contribution in [-0.4, -0.2) is 64.0 Å². The average molecular weight is 316 g/mol. The number of carbonyl (C=O) groups is 1. The zero-order valence-corrected chi connectivity index (χ0v) is 14.3. The Hall–Kier alpha value is -1.62. The van der Waals surface area contributed by atoms with E-state index in [1.807, 2.05) is 17.0 Å². The van der Waals surface area contributed by atoms with Crippen LogP contribution in [0.25, 0.3) is 0 Å². The maximum absolute atomic E-state index is 12.9. The maximum Gasteiger partial charge on any atom is 0.320 e. The van der Waals surface area contributed by atoms with E-state index in [0.29, 0.717) is 18.6 Å². The average Bonchev–Trinajstić information content (AvgIpc) is 2.58. The molecule has 1 aromatic rings. The van der Waals surface area contributed by atoms with Crippen molar-refractivity contribution in [1.82, 2.24) is 19.7 Å². The Balaban J connectivity index is 1.59. The number of likely N-dealkylation sites (tertiary alicyclic amines) is 1. The molecule has 3 rings (SSSR count). The number of rotatable bonds is 4. The van der Waals surface area contributed by atoms with Crippen molar-refractivity contribution in [3.63, 3.8) is 0 Å². The lowest BCUT2D eigenvalue weighted by Gasteiger charge is -2.44. The van der Waals surface area contributed by atoms with Gasteiger partial charge in [0.25, 0.3) is 0 Å². The van der Waals surface area contributed by atoms with Crippen LogP contribution in [0.1, 0.15) is 38.7 Å². The molecule has 2 saturated heterocycles. The Labute approximate surface area is 139 Å². The van der Waals surface area contributed by atoms with Crippen molar-refractivity contribution in [2.45, 2.75) is 51.7 Å². The van der Waals surface area contributed by atoms with Crippen LogP contribution in [0.15, 0.2) is 24.5 Å². The van der Waals surface area contributed by atoms with E-state index in [4.69, 9.17) is 0 Å². The molecule has 0 atom stereocenters. The highest BCUT2D eigenvalue weighted by molar-refractivity contribution is 5.75. The van der Waals surface area contributed by atoms with Crippen molar-refractivity contribution in [3.05, 3.63) is 30.1 Å². The number of urea groups is 1. The van der Waals surface area contributed by atoms with Gasteiger partial charge in [0, 0.05) is 57.2 Å². The van der Waals surface area contributed by atoms with Crippen LogP contribution in [-0.2, 0) is 6.54 Å². The largest absolute Gasteiger partial charge is 0.321 e. The molecule has 2 aliphatic rings. The highest BCUT2D eigenvalue weighted by atomic mass is 16.2. The summed E-state index contributed by atoms with van der Waals surface area (Å²) in [5.74, 6) is 0. The molecular weight excluding hydrogens is 288 g/mol. The molecule has 5 nitrogen and oxygen atoms in total. The molecule has 0 unspecified atom stereocenters. The zero-order chi connectivity index (χ0) is 16.2. The maximum atomic E-state index is 12.9. The van der Waals surface area contributed by atoms with Crippen molar-refractivity contribution < 1.29 is 4.79 Å². The summed E-state index contributed by atoms with van der Waals surface area (Å²) in [4.78, 5) is 23.6. The Kier molecular flexibility index (Phi) is 5.16. The number of aromatic nitrogens is 1. The van der Waals surface area contributed by atoms with E-state index in [-0.39, 0.29) is 6.03 Å². The zero-order valence-electron chi connectivity index (χ0n) is 14.3. The number of hydrogen-bond donors (Lipinski definition) is 0. The van der Waals surface area contributed by atoms with Crippen molar-refractivity contribution in [1.29, 1.82) is 0 Å². The summed E-state index contributed by atoms with van der Waals surface area (Å²) >= 11 is 0. The second-order valence-corrected chi connectivity index (χ2v) is 6.97. The quantitative estimate of drug-likeness (QED) is 0.857. The van der Waals surface area contributed by atoms with Crippen LogP contribution in [0, 0.1) is 0 Å². The van der Waals surface area contributed by atoms with Crippen LogP contribution in [0.4, 0.5) is 4.79 Å². The van der Waals surface area contributed by atoms with E-state index < -0.39 is 0 Å². The standard InChI is InChI=1S/C18H28N4O/c1-15(2)20-12-6-17(7-13-20)22-11-3-10-21(18(22)23)14-16-4-8-19-9-5-16/h4-5,8-9,15,17H,3,6-7,10-14H2,1-2H3. The normalized spacial score (nSPS) is 21.3. The minimum Gasteiger partial charge on any atom is -0.321 e. The summed E-state index contributed by atoms with van der Waals surface area (Å²) in [7, 11) is 0. The molecule has 0 aromatic carbocycles. The fourth-order valence-electron chi connectivity index (χ4n) is 3.71. The summed E-state index contributed by atoms with van der Waals surface area (Å²) in [5, 5.41) is 0. The Morgan fingerprint density at radius 1 is 1.13 bits per heavy atom. The highest BCUT2D eigenvalue weighted by Gasteiger charge is 2.33. The van der Waals surface area contributed by atoms with Gasteiger partial charge in [0.05, 0.1) is 0 Å². The lowest BCUT2D eigenvalue weighted by atomic mass is 10.0. The molecule has 126 valence electrons. The monoisotopic (exact) mass is 316 g/mol. The molecule has 0 saturated carbocycles. The first-order chi connectivity index (χ1) is 11.1. The highest BCUT2D eigenvalue weighted by Crippen LogP contribution is 2.23. The van der Waals surface area contributed by atoms with Crippen LogP contribution in [0.2, 0.25) is 0 Å². The first-order valence-corrected chi connectivity index (χ1v) is 8.83. The second-order valence-electron chi connectivity index (χ2n) is 6.97. The smallest absolute Gasteiger partial charge is 0.320 e. The SMILES string of the molecule is CC(C)N1CCC(N2CCCN(Cc3ccncc3)C2=O)CC1. The third-order valence-electron chi connectivity index (χ3n) is 5.14. The summed E-state index contributed by atoms with van der Waals surface area (Å²) in [6.45, 7) is 9.20. The molecule has 0 aliphatic carbocycles. The van der Waals surface area contributed by atoms with Gasteiger partial charge in [-0.15, -0.1) is 0 Å². The lowest BCUT2D eigenvalue weighted by Crippen LogP contribution is -2.55. The van der Waals surface area contributed by atoms with Crippen molar-refractivity contribution in [2.75, 3.05) is 26.2 Å². The van der Waals surface area contributed by atoms with E-state index in [1.165, 1.54) is 0 Å². The van der Waals surface area contributed by atoms with Gasteiger partial charge in [0.15, 0.2) is 0 Å². The number of amides is 2. The first kappa shape index (κ1) is 16.2. The van der Waals surface area contributed by atoms with Gasteiger partial charge in [-0.3, -0.25) is 4.98 Å². The van der Waals surface area contributed by atoms with Crippen LogP contribution < -0.4 is 0 Å². The van der Waals surface area contributed by atoms with Gasteiger partial charge in [0.2, 0.25) is 0 Å². The van der Waals surface area contributed by atoms with Crippen molar-refractivity contribution in [2.24, 2.45) is 0 Å². The molecule has 2 fully saturated rings. The van der Waals surface area contributed by atoms with Gasteiger partial charge < -0.3 is 14.7 Å². The van der Waals surface area contributed by atoms with E-state index >= 15 is 0 Å². The molecular formula is C18H28N4O. The van der Waals surface area contributed by atoms with Crippen LogP contribution in [0.3, 0.4) is 0 Å². The number of piperidine rings is 1. The topological polar surface area (TPSA) is 39.7 Å². The molecule has 0 bridgehead atoms. The predicted octanol–water partition coefficient (Wildman–Crippen LogP) is 2.58. The summed E-state index contributed by atoms with van der Waals surface area (Å²) < 4.78 is 0. The van der Waals surface area contributed by atoms with Crippen molar-refractivity contribution in [3.8, 4) is 0 Å². The molecule has 2 amide bonds. The van der Waals surface area contributed by atoms with E-state index in [9.17, 15) is 4.79 Å². The minimum absolute atomic E-state index is 0.219. The molecule has 0 radical (unpaired) electrons. The molecule has 0 N–H and O–H groups in total. The number of hydrogen-bond acceptors (Lipinski definition) is 3. The van der Waals surface area contributed by atoms with E-state index in [2.05, 4.69) is 28.6 Å². The summed E-state index contributed by atoms with van der Waals surface area (Å²) in [6.07, 6.45) is 6.87. The van der Waals surface area contributed by atoms with Crippen LogP contribution in [0.5, 0.6) is 0 Å². The number of nitrogens with zero attached hydrogens (tertiary/aromatic N) is 4. The molecule has 0 spiro atoms. The molecule has 23 heavy (non-hydrogen) atoms. The van der Waals surface area contributed by atoms with Gasteiger partial charge in [-0.1, -0.05) is 0 Å². The van der Waals surface area contributed by atoms with E-state index in [0.717, 1.165) is 51.0 Å². The molecule has 1 aromatic heterocycles. The van der Waals surface area contributed by atoms with Crippen LogP contribution >= 0.6 is 0 Å². The van der Waals surface area contributed by atoms with Gasteiger partial charge in [-0.25, -0.2) is 4.79 Å². The Bertz CT molecular complexity index is 511.